The second-order valence-corrected chi connectivity index (χ2v) is 6.21. The van der Waals surface area contributed by atoms with Crippen LogP contribution in [0.5, 0.6) is 0 Å². The molecule has 0 aromatic carbocycles. The minimum Gasteiger partial charge on any atom is -0.444 e. The van der Waals surface area contributed by atoms with Crippen LogP contribution in [-0.2, 0) is 4.74 Å². The van der Waals surface area contributed by atoms with E-state index in [1.165, 1.54) is 6.20 Å². The van der Waals surface area contributed by atoms with E-state index < -0.39 is 17.2 Å². The molecule has 8 nitrogen and oxygen atoms in total. The fraction of sp³-hybridized carbons (Fsp3) is 0.571. The fourth-order valence-corrected chi connectivity index (χ4v) is 3.02. The van der Waals surface area contributed by atoms with Gasteiger partial charge in [0.25, 0.3) is 5.56 Å². The average Bonchev–Trinajstić information content (AvgIpc) is 2.94. The van der Waals surface area contributed by atoms with Crippen LogP contribution >= 0.6 is 11.6 Å². The number of halogens is 1. The molecule has 1 aliphatic heterocycles. The summed E-state index contributed by atoms with van der Waals surface area (Å²) in [6.45, 7) is 1.03. The van der Waals surface area contributed by atoms with Gasteiger partial charge >= 0.3 is 6.09 Å². The molecule has 2 N–H and O–H groups in total. The molecule has 3 rings (SSSR count). The summed E-state index contributed by atoms with van der Waals surface area (Å²) in [5.41, 5.74) is -0.698. The lowest BCUT2D eigenvalue weighted by atomic mass is 9.78. The number of alkyl carbamates (subject to hydrolysis) is 1. The molecular weight excluding hydrogens is 322 g/mol. The van der Waals surface area contributed by atoms with Crippen molar-refractivity contribution in [1.29, 1.82) is 5.26 Å². The molecule has 2 heterocycles. The van der Waals surface area contributed by atoms with E-state index >= 15 is 0 Å². The van der Waals surface area contributed by atoms with Crippen LogP contribution in [0.1, 0.15) is 25.7 Å². The molecule has 1 aromatic rings. The zero-order valence-electron chi connectivity index (χ0n) is 12.3. The van der Waals surface area contributed by atoms with Crippen molar-refractivity contribution in [2.24, 2.45) is 0 Å². The Kier molecular flexibility index (Phi) is 4.13. The maximum absolute atomic E-state index is 11.9. The van der Waals surface area contributed by atoms with Gasteiger partial charge in [-0.05, 0) is 19.3 Å². The van der Waals surface area contributed by atoms with Crippen molar-refractivity contribution in [3.63, 3.8) is 0 Å². The van der Waals surface area contributed by atoms with Gasteiger partial charge in [-0.2, -0.15) is 10.4 Å². The lowest BCUT2D eigenvalue weighted by Crippen LogP contribution is -2.53. The summed E-state index contributed by atoms with van der Waals surface area (Å²) in [5, 5.41) is 17.8. The number of hydrogen-bond donors (Lipinski definition) is 2. The standard InChI is InChI=1S/C14H16ClN5O3/c15-11-10(6-17-19-12(11)21)20-5-2-9(7-20)23-13(22)18-14(8-16)3-1-4-14/h6,9H,1-5,7H2,(H,18,22)(H,19,21)/t9-/m1/s1. The van der Waals surface area contributed by atoms with Crippen molar-refractivity contribution in [3.8, 4) is 6.07 Å². The van der Waals surface area contributed by atoms with Crippen LogP contribution in [0.3, 0.4) is 0 Å². The number of nitrogens with one attached hydrogen (secondary N) is 2. The van der Waals surface area contributed by atoms with Gasteiger partial charge in [0.1, 0.15) is 16.7 Å². The van der Waals surface area contributed by atoms with Crippen LogP contribution in [0.2, 0.25) is 5.02 Å². The number of ether oxygens (including phenoxy) is 1. The number of rotatable bonds is 3. The topological polar surface area (TPSA) is 111 Å². The molecule has 0 unspecified atom stereocenters. The molecule has 1 amide bonds. The first-order chi connectivity index (χ1) is 11.0. The van der Waals surface area contributed by atoms with E-state index in [9.17, 15) is 9.59 Å². The molecule has 1 aliphatic carbocycles. The number of hydrogen-bond acceptors (Lipinski definition) is 6. The number of aromatic nitrogens is 2. The zero-order valence-corrected chi connectivity index (χ0v) is 13.1. The minimum atomic E-state index is -0.769. The quantitative estimate of drug-likeness (QED) is 0.856. The van der Waals surface area contributed by atoms with E-state index in [0.717, 1.165) is 6.42 Å². The van der Waals surface area contributed by atoms with E-state index in [1.807, 2.05) is 4.90 Å². The van der Waals surface area contributed by atoms with Crippen molar-refractivity contribution in [3.05, 3.63) is 21.6 Å². The predicted molar refractivity (Wildman–Crippen MR) is 82.3 cm³/mol. The Morgan fingerprint density at radius 3 is 3.04 bits per heavy atom. The second-order valence-electron chi connectivity index (χ2n) is 5.83. The Bertz CT molecular complexity index is 709. The van der Waals surface area contributed by atoms with Gasteiger partial charge in [0, 0.05) is 13.0 Å². The van der Waals surface area contributed by atoms with Crippen LogP contribution in [0.25, 0.3) is 0 Å². The predicted octanol–water partition coefficient (Wildman–Crippen LogP) is 1.17. The van der Waals surface area contributed by atoms with Gasteiger partial charge < -0.3 is 15.0 Å². The number of carbonyl (C=O) groups is 1. The summed E-state index contributed by atoms with van der Waals surface area (Å²) in [6.07, 6.45) is 3.45. The third-order valence-electron chi connectivity index (χ3n) is 4.30. The third kappa shape index (κ3) is 3.10. The molecule has 122 valence electrons. The van der Waals surface area contributed by atoms with E-state index in [0.29, 0.717) is 38.0 Å². The summed E-state index contributed by atoms with van der Waals surface area (Å²) in [4.78, 5) is 25.3. The molecule has 2 aliphatic rings. The Balaban J connectivity index is 1.58. The molecule has 0 spiro atoms. The molecule has 0 radical (unpaired) electrons. The van der Waals surface area contributed by atoms with Crippen molar-refractivity contribution in [2.75, 3.05) is 18.0 Å². The zero-order chi connectivity index (χ0) is 16.4. The first kappa shape index (κ1) is 15.6. The normalized spacial score (nSPS) is 22.1. The molecule has 2 fully saturated rings. The first-order valence-electron chi connectivity index (χ1n) is 7.41. The number of nitriles is 1. The molecule has 1 atom stereocenters. The lowest BCUT2D eigenvalue weighted by molar-refractivity contribution is 0.0936. The van der Waals surface area contributed by atoms with Crippen LogP contribution in [0.15, 0.2) is 11.0 Å². The highest BCUT2D eigenvalue weighted by Gasteiger charge is 2.40. The monoisotopic (exact) mass is 337 g/mol. The van der Waals surface area contributed by atoms with Gasteiger partial charge in [-0.25, -0.2) is 9.89 Å². The van der Waals surface area contributed by atoms with Gasteiger partial charge in [0.2, 0.25) is 0 Å². The molecule has 1 saturated carbocycles. The molecule has 1 aromatic heterocycles. The van der Waals surface area contributed by atoms with Gasteiger partial charge in [-0.15, -0.1) is 0 Å². The molecule has 23 heavy (non-hydrogen) atoms. The van der Waals surface area contributed by atoms with Crippen molar-refractivity contribution in [2.45, 2.75) is 37.3 Å². The van der Waals surface area contributed by atoms with E-state index in [4.69, 9.17) is 21.6 Å². The molecule has 1 saturated heterocycles. The first-order valence-corrected chi connectivity index (χ1v) is 7.79. The van der Waals surface area contributed by atoms with Gasteiger partial charge in [0.05, 0.1) is 24.5 Å². The summed E-state index contributed by atoms with van der Waals surface area (Å²) in [6, 6.07) is 2.13. The second kappa shape index (κ2) is 6.08. The highest BCUT2D eigenvalue weighted by Crippen LogP contribution is 2.31. The van der Waals surface area contributed by atoms with Crippen LogP contribution in [0.4, 0.5) is 10.5 Å². The number of anilines is 1. The Morgan fingerprint density at radius 1 is 1.61 bits per heavy atom. The maximum atomic E-state index is 11.9. The van der Waals surface area contributed by atoms with Crippen LogP contribution < -0.4 is 15.8 Å². The van der Waals surface area contributed by atoms with Crippen molar-refractivity contribution >= 4 is 23.4 Å². The van der Waals surface area contributed by atoms with E-state index in [1.54, 1.807) is 0 Å². The summed E-state index contributed by atoms with van der Waals surface area (Å²) < 4.78 is 5.37. The SMILES string of the molecule is N#CC1(NC(=O)O[C@@H]2CCN(c3cn[nH]c(=O)c3Cl)C2)CCC1. The Morgan fingerprint density at radius 2 is 2.39 bits per heavy atom. The number of aromatic amines is 1. The number of carbonyl (C=O) groups excluding carboxylic acids is 1. The van der Waals surface area contributed by atoms with E-state index in [-0.39, 0.29) is 11.1 Å². The van der Waals surface area contributed by atoms with Gasteiger partial charge in [-0.1, -0.05) is 11.6 Å². The van der Waals surface area contributed by atoms with Crippen LogP contribution in [0, 0.1) is 11.3 Å². The number of H-pyrrole nitrogens is 1. The summed E-state index contributed by atoms with van der Waals surface area (Å²) in [5.74, 6) is 0. The Hall–Kier alpha value is -2.27. The maximum Gasteiger partial charge on any atom is 0.408 e. The third-order valence-corrected chi connectivity index (χ3v) is 4.66. The van der Waals surface area contributed by atoms with E-state index in [2.05, 4.69) is 21.6 Å². The minimum absolute atomic E-state index is 0.0722. The van der Waals surface area contributed by atoms with Crippen molar-refractivity contribution < 1.29 is 9.53 Å². The molecule has 0 bridgehead atoms. The fourth-order valence-electron chi connectivity index (χ4n) is 2.81. The lowest BCUT2D eigenvalue weighted by Gasteiger charge is -2.35. The highest BCUT2D eigenvalue weighted by atomic mass is 35.5. The number of nitrogens with zero attached hydrogens (tertiary/aromatic N) is 3. The summed E-state index contributed by atoms with van der Waals surface area (Å²) >= 11 is 5.98. The Labute approximate surface area is 137 Å². The highest BCUT2D eigenvalue weighted by molar-refractivity contribution is 6.33. The largest absolute Gasteiger partial charge is 0.444 e. The van der Waals surface area contributed by atoms with Gasteiger partial charge in [-0.3, -0.25) is 4.79 Å². The van der Waals surface area contributed by atoms with Gasteiger partial charge in [0.15, 0.2) is 0 Å². The number of amides is 1. The summed E-state index contributed by atoms with van der Waals surface area (Å²) in [7, 11) is 0. The van der Waals surface area contributed by atoms with Crippen LogP contribution in [-0.4, -0.2) is 41.0 Å². The molecule has 9 heteroatoms. The van der Waals surface area contributed by atoms with Crippen molar-refractivity contribution in [1.82, 2.24) is 15.5 Å². The smallest absolute Gasteiger partial charge is 0.408 e. The molecular formula is C14H16ClN5O3. The average molecular weight is 338 g/mol.